The number of hydrogen-bond donors (Lipinski definition) is 2. The quantitative estimate of drug-likeness (QED) is 0.762. The zero-order valence-electron chi connectivity index (χ0n) is 9.61. The highest BCUT2D eigenvalue weighted by atomic mass is 32.2. The molecule has 2 rings (SSSR count). The van der Waals surface area contributed by atoms with Crippen LogP contribution in [0.15, 0.2) is 0 Å². The summed E-state index contributed by atoms with van der Waals surface area (Å²) >= 11 is 0. The predicted molar refractivity (Wildman–Crippen MR) is 62.5 cm³/mol. The van der Waals surface area contributed by atoms with E-state index in [1.54, 1.807) is 0 Å². The summed E-state index contributed by atoms with van der Waals surface area (Å²) in [5, 5.41) is 9.43. The van der Waals surface area contributed by atoms with E-state index in [1.165, 1.54) is 0 Å². The molecule has 4 nitrogen and oxygen atoms in total. The van der Waals surface area contributed by atoms with E-state index in [2.05, 4.69) is 4.72 Å². The van der Waals surface area contributed by atoms with Crippen LogP contribution < -0.4 is 4.72 Å². The highest BCUT2D eigenvalue weighted by molar-refractivity contribution is 7.89. The minimum atomic E-state index is -3.20. The van der Waals surface area contributed by atoms with Crippen LogP contribution in [-0.4, -0.2) is 31.4 Å². The molecule has 0 aliphatic heterocycles. The van der Waals surface area contributed by atoms with Gasteiger partial charge in [-0.2, -0.15) is 0 Å². The molecule has 0 radical (unpaired) electrons. The Hall–Kier alpha value is -0.130. The lowest BCUT2D eigenvalue weighted by Gasteiger charge is -2.36. The standard InChI is InChI=1S/C11H21NO3S/c13-9-11(6-2-1-3-7-11)12-16(14,15)8-10-4-5-10/h10,12-13H,1-9H2. The van der Waals surface area contributed by atoms with Crippen LogP contribution in [0.5, 0.6) is 0 Å². The lowest BCUT2D eigenvalue weighted by molar-refractivity contribution is 0.142. The van der Waals surface area contributed by atoms with Gasteiger partial charge >= 0.3 is 0 Å². The smallest absolute Gasteiger partial charge is 0.212 e. The maximum absolute atomic E-state index is 11.9. The summed E-state index contributed by atoms with van der Waals surface area (Å²) in [7, 11) is -3.20. The molecule has 0 aromatic rings. The molecule has 0 amide bonds. The van der Waals surface area contributed by atoms with Crippen molar-refractivity contribution < 1.29 is 13.5 Å². The molecule has 2 aliphatic carbocycles. The van der Waals surface area contributed by atoms with Crippen molar-refractivity contribution in [3.8, 4) is 0 Å². The number of sulfonamides is 1. The summed E-state index contributed by atoms with van der Waals surface area (Å²) in [5.41, 5.74) is -0.564. The van der Waals surface area contributed by atoms with Crippen LogP contribution in [0, 0.1) is 5.92 Å². The highest BCUT2D eigenvalue weighted by Crippen LogP contribution is 2.32. The Morgan fingerprint density at radius 1 is 1.19 bits per heavy atom. The van der Waals surface area contributed by atoms with Gasteiger partial charge in [-0.1, -0.05) is 19.3 Å². The lowest BCUT2D eigenvalue weighted by atomic mass is 9.83. The number of hydrogen-bond acceptors (Lipinski definition) is 3. The van der Waals surface area contributed by atoms with Crippen molar-refractivity contribution in [3.05, 3.63) is 0 Å². The fourth-order valence-electron chi connectivity index (χ4n) is 2.49. The Bertz CT molecular complexity index is 329. The van der Waals surface area contributed by atoms with Crippen LogP contribution in [0.1, 0.15) is 44.9 Å². The van der Waals surface area contributed by atoms with Crippen LogP contribution in [0.4, 0.5) is 0 Å². The van der Waals surface area contributed by atoms with Crippen molar-refractivity contribution in [1.82, 2.24) is 4.72 Å². The van der Waals surface area contributed by atoms with E-state index in [4.69, 9.17) is 0 Å². The van der Waals surface area contributed by atoms with Gasteiger partial charge in [0.25, 0.3) is 0 Å². The molecule has 2 N–H and O–H groups in total. The molecular formula is C11H21NO3S. The Labute approximate surface area is 97.5 Å². The Kier molecular flexibility index (Phi) is 3.56. The topological polar surface area (TPSA) is 66.4 Å². The summed E-state index contributed by atoms with van der Waals surface area (Å²) in [6.45, 7) is -0.0725. The second kappa shape index (κ2) is 4.63. The Morgan fingerprint density at radius 3 is 2.31 bits per heavy atom. The lowest BCUT2D eigenvalue weighted by Crippen LogP contribution is -2.53. The van der Waals surface area contributed by atoms with Gasteiger partial charge in [0.1, 0.15) is 0 Å². The summed E-state index contributed by atoms with van der Waals surface area (Å²) < 4.78 is 26.5. The van der Waals surface area contributed by atoms with Crippen LogP contribution in [0.3, 0.4) is 0 Å². The van der Waals surface area contributed by atoms with E-state index in [1.807, 2.05) is 0 Å². The van der Waals surface area contributed by atoms with E-state index in [0.29, 0.717) is 5.92 Å². The van der Waals surface area contributed by atoms with Crippen molar-refractivity contribution in [2.45, 2.75) is 50.5 Å². The van der Waals surface area contributed by atoms with Gasteiger partial charge in [-0.25, -0.2) is 13.1 Å². The molecule has 0 aromatic carbocycles. The van der Waals surface area contributed by atoms with Crippen molar-refractivity contribution in [2.24, 2.45) is 5.92 Å². The first-order chi connectivity index (χ1) is 7.55. The maximum atomic E-state index is 11.9. The van der Waals surface area contributed by atoms with Crippen LogP contribution in [0.2, 0.25) is 0 Å². The molecule has 2 fully saturated rings. The fraction of sp³-hybridized carbons (Fsp3) is 1.00. The summed E-state index contributed by atoms with van der Waals surface area (Å²) in [5.74, 6) is 0.603. The third-order valence-corrected chi connectivity index (χ3v) is 5.29. The Morgan fingerprint density at radius 2 is 1.81 bits per heavy atom. The highest BCUT2D eigenvalue weighted by Gasteiger charge is 2.37. The van der Waals surface area contributed by atoms with Gasteiger partial charge in [-0.3, -0.25) is 0 Å². The Balaban J connectivity index is 1.98. The summed E-state index contributed by atoms with van der Waals surface area (Å²) in [6.07, 6.45) is 6.77. The van der Waals surface area contributed by atoms with Gasteiger partial charge in [0.15, 0.2) is 0 Å². The van der Waals surface area contributed by atoms with Crippen molar-refractivity contribution >= 4 is 10.0 Å². The van der Waals surface area contributed by atoms with Gasteiger partial charge in [-0.05, 0) is 31.6 Å². The molecular weight excluding hydrogens is 226 g/mol. The zero-order chi connectivity index (χ0) is 11.6. The predicted octanol–water partition coefficient (Wildman–Crippen LogP) is 1.01. The van der Waals surface area contributed by atoms with Gasteiger partial charge in [0.2, 0.25) is 10.0 Å². The number of aliphatic hydroxyl groups is 1. The number of rotatable bonds is 5. The fourth-order valence-corrected chi connectivity index (χ4v) is 4.45. The number of aliphatic hydroxyl groups excluding tert-OH is 1. The third kappa shape index (κ3) is 3.18. The van der Waals surface area contributed by atoms with Crippen molar-refractivity contribution in [1.29, 1.82) is 0 Å². The SMILES string of the molecule is O=S(=O)(CC1CC1)NC1(CO)CCCCC1. The van der Waals surface area contributed by atoms with Crippen molar-refractivity contribution in [3.63, 3.8) is 0 Å². The first-order valence-electron chi connectivity index (χ1n) is 6.18. The van der Waals surface area contributed by atoms with Crippen LogP contribution in [0.25, 0.3) is 0 Å². The third-order valence-electron chi connectivity index (χ3n) is 3.64. The maximum Gasteiger partial charge on any atom is 0.212 e. The molecule has 0 saturated heterocycles. The van der Waals surface area contributed by atoms with Crippen LogP contribution in [-0.2, 0) is 10.0 Å². The molecule has 94 valence electrons. The number of nitrogens with one attached hydrogen (secondary N) is 1. The molecule has 0 atom stereocenters. The first kappa shape index (κ1) is 12.3. The minimum absolute atomic E-state index is 0.0725. The average molecular weight is 247 g/mol. The van der Waals surface area contributed by atoms with E-state index in [-0.39, 0.29) is 12.4 Å². The summed E-state index contributed by atoms with van der Waals surface area (Å²) in [6, 6.07) is 0. The second-order valence-corrected chi connectivity index (χ2v) is 7.09. The molecule has 0 unspecified atom stereocenters. The van der Waals surface area contributed by atoms with E-state index >= 15 is 0 Å². The molecule has 16 heavy (non-hydrogen) atoms. The molecule has 2 saturated carbocycles. The van der Waals surface area contributed by atoms with E-state index in [0.717, 1.165) is 44.9 Å². The molecule has 0 heterocycles. The van der Waals surface area contributed by atoms with Gasteiger partial charge in [-0.15, -0.1) is 0 Å². The minimum Gasteiger partial charge on any atom is -0.394 e. The van der Waals surface area contributed by atoms with E-state index < -0.39 is 15.6 Å². The molecule has 0 spiro atoms. The van der Waals surface area contributed by atoms with Crippen LogP contribution >= 0.6 is 0 Å². The molecule has 5 heteroatoms. The normalized spacial score (nSPS) is 25.6. The first-order valence-corrected chi connectivity index (χ1v) is 7.83. The van der Waals surface area contributed by atoms with Gasteiger partial charge < -0.3 is 5.11 Å². The molecule has 0 aromatic heterocycles. The second-order valence-electron chi connectivity index (χ2n) is 5.33. The van der Waals surface area contributed by atoms with Gasteiger partial charge in [0, 0.05) is 0 Å². The molecule has 2 aliphatic rings. The molecule has 0 bridgehead atoms. The van der Waals surface area contributed by atoms with Gasteiger partial charge in [0.05, 0.1) is 17.9 Å². The monoisotopic (exact) mass is 247 g/mol. The largest absolute Gasteiger partial charge is 0.394 e. The zero-order valence-corrected chi connectivity index (χ0v) is 10.4. The summed E-state index contributed by atoms with van der Waals surface area (Å²) in [4.78, 5) is 0. The van der Waals surface area contributed by atoms with Crippen molar-refractivity contribution in [2.75, 3.05) is 12.4 Å². The average Bonchev–Trinajstić information content (AvgIpc) is 3.01. The van der Waals surface area contributed by atoms with E-state index in [9.17, 15) is 13.5 Å².